The Kier molecular flexibility index (Phi) is 4.15. The van der Waals surface area contributed by atoms with Crippen LogP contribution in [0.25, 0.3) is 0 Å². The van der Waals surface area contributed by atoms with Crippen molar-refractivity contribution >= 4 is 23.0 Å². The highest BCUT2D eigenvalue weighted by Gasteiger charge is 2.14. The van der Waals surface area contributed by atoms with E-state index in [4.69, 9.17) is 5.11 Å². The third kappa shape index (κ3) is 2.72. The molecule has 1 heterocycles. The number of carboxylic acid groups (broad SMARTS) is 1. The van der Waals surface area contributed by atoms with Gasteiger partial charge in [0.05, 0.1) is 0 Å². The highest BCUT2D eigenvalue weighted by molar-refractivity contribution is 7.12. The van der Waals surface area contributed by atoms with Crippen molar-refractivity contribution in [1.82, 2.24) is 0 Å². The molecule has 3 nitrogen and oxygen atoms in total. The zero-order valence-electron chi connectivity index (χ0n) is 9.36. The number of rotatable bonds is 5. The molecular weight excluding hydrogens is 210 g/mol. The van der Waals surface area contributed by atoms with Crippen molar-refractivity contribution in [1.29, 1.82) is 0 Å². The average molecular weight is 227 g/mol. The molecule has 0 radical (unpaired) electrons. The molecule has 0 unspecified atom stereocenters. The number of nitrogens with zero attached hydrogens (tertiary/aromatic N) is 1. The van der Waals surface area contributed by atoms with E-state index >= 15 is 0 Å². The fraction of sp³-hybridized carbons (Fsp3) is 0.545. The Bertz CT molecular complexity index is 331. The summed E-state index contributed by atoms with van der Waals surface area (Å²) in [6.07, 6.45) is 2.15. The van der Waals surface area contributed by atoms with Crippen molar-refractivity contribution < 1.29 is 9.90 Å². The Morgan fingerprint density at radius 2 is 2.13 bits per heavy atom. The van der Waals surface area contributed by atoms with Crippen LogP contribution in [0.1, 0.15) is 36.4 Å². The highest BCUT2D eigenvalue weighted by atomic mass is 32.1. The maximum atomic E-state index is 10.7. The Morgan fingerprint density at radius 3 is 2.53 bits per heavy atom. The van der Waals surface area contributed by atoms with Gasteiger partial charge in [-0.3, -0.25) is 0 Å². The zero-order chi connectivity index (χ0) is 11.4. The molecule has 0 aliphatic carbocycles. The van der Waals surface area contributed by atoms with E-state index in [1.165, 1.54) is 11.3 Å². The second-order valence-corrected chi connectivity index (χ2v) is 4.47. The van der Waals surface area contributed by atoms with Crippen LogP contribution in [0.2, 0.25) is 0 Å². The average Bonchev–Trinajstić information content (AvgIpc) is 2.68. The summed E-state index contributed by atoms with van der Waals surface area (Å²) in [5.74, 6) is -0.843. The summed E-state index contributed by atoms with van der Waals surface area (Å²) in [4.78, 5) is 13.3. The third-order valence-corrected chi connectivity index (χ3v) is 3.60. The summed E-state index contributed by atoms with van der Waals surface area (Å²) in [7, 11) is 2.02. The molecule has 0 saturated heterocycles. The smallest absolute Gasteiger partial charge is 0.345 e. The summed E-state index contributed by atoms with van der Waals surface area (Å²) in [5.41, 5.74) is 1.01. The number of carbonyl (C=O) groups is 1. The summed E-state index contributed by atoms with van der Waals surface area (Å²) >= 11 is 1.28. The van der Waals surface area contributed by atoms with Crippen LogP contribution in [0, 0.1) is 0 Å². The molecular formula is C11H17NO2S. The number of hydrogen-bond donors (Lipinski definition) is 1. The number of aromatic carboxylic acids is 1. The van der Waals surface area contributed by atoms with Gasteiger partial charge >= 0.3 is 5.97 Å². The van der Waals surface area contributed by atoms with E-state index in [1.54, 1.807) is 6.07 Å². The first kappa shape index (κ1) is 12.0. The molecule has 1 aromatic rings. The Labute approximate surface area is 94.3 Å². The van der Waals surface area contributed by atoms with E-state index in [9.17, 15) is 4.79 Å². The van der Waals surface area contributed by atoms with Crippen molar-refractivity contribution in [2.75, 3.05) is 11.9 Å². The summed E-state index contributed by atoms with van der Waals surface area (Å²) in [5, 5.41) is 10.7. The molecule has 0 amide bonds. The van der Waals surface area contributed by atoms with Gasteiger partial charge in [-0.2, -0.15) is 0 Å². The van der Waals surface area contributed by atoms with Gasteiger partial charge < -0.3 is 10.0 Å². The normalized spacial score (nSPS) is 10.7. The predicted molar refractivity (Wildman–Crippen MR) is 64.1 cm³/mol. The monoisotopic (exact) mass is 227 g/mol. The minimum atomic E-state index is -0.843. The van der Waals surface area contributed by atoms with E-state index in [0.717, 1.165) is 18.5 Å². The van der Waals surface area contributed by atoms with Crippen molar-refractivity contribution in [3.05, 3.63) is 16.3 Å². The standard InChI is InChI=1S/C11H17NO2S/c1-4-8(5-2)12(3)9-6-10(11(13)14)15-7-9/h6-8H,4-5H2,1-3H3,(H,13,14). The van der Waals surface area contributed by atoms with Crippen LogP contribution in [-0.2, 0) is 0 Å². The maximum Gasteiger partial charge on any atom is 0.345 e. The molecule has 0 aliphatic heterocycles. The number of thiophene rings is 1. The van der Waals surface area contributed by atoms with Gasteiger partial charge in [-0.25, -0.2) is 4.79 Å². The molecule has 1 aromatic heterocycles. The minimum Gasteiger partial charge on any atom is -0.477 e. The quantitative estimate of drug-likeness (QED) is 0.840. The van der Waals surface area contributed by atoms with Gasteiger partial charge in [0.15, 0.2) is 0 Å². The summed E-state index contributed by atoms with van der Waals surface area (Å²) < 4.78 is 0. The highest BCUT2D eigenvalue weighted by Crippen LogP contribution is 2.25. The molecule has 0 bridgehead atoms. The van der Waals surface area contributed by atoms with Crippen LogP contribution in [-0.4, -0.2) is 24.2 Å². The van der Waals surface area contributed by atoms with Crippen LogP contribution in [0.15, 0.2) is 11.4 Å². The largest absolute Gasteiger partial charge is 0.477 e. The molecule has 0 aromatic carbocycles. The predicted octanol–water partition coefficient (Wildman–Crippen LogP) is 3.07. The lowest BCUT2D eigenvalue weighted by atomic mass is 10.1. The van der Waals surface area contributed by atoms with Gasteiger partial charge in [-0.15, -0.1) is 11.3 Å². The van der Waals surface area contributed by atoms with Gasteiger partial charge in [0.2, 0.25) is 0 Å². The van der Waals surface area contributed by atoms with Crippen molar-refractivity contribution in [2.24, 2.45) is 0 Å². The molecule has 0 saturated carbocycles. The van der Waals surface area contributed by atoms with Gasteiger partial charge in [0.25, 0.3) is 0 Å². The van der Waals surface area contributed by atoms with Crippen molar-refractivity contribution in [3.8, 4) is 0 Å². The summed E-state index contributed by atoms with van der Waals surface area (Å²) in [6, 6.07) is 2.23. The topological polar surface area (TPSA) is 40.5 Å². The first-order chi connectivity index (χ1) is 7.10. The lowest BCUT2D eigenvalue weighted by Crippen LogP contribution is -2.29. The van der Waals surface area contributed by atoms with Gasteiger partial charge in [-0.05, 0) is 18.9 Å². The molecule has 0 atom stereocenters. The minimum absolute atomic E-state index is 0.405. The lowest BCUT2D eigenvalue weighted by Gasteiger charge is -2.27. The second kappa shape index (κ2) is 5.16. The lowest BCUT2D eigenvalue weighted by molar-refractivity contribution is 0.0702. The molecule has 1 rings (SSSR count). The van der Waals surface area contributed by atoms with E-state index in [2.05, 4.69) is 18.7 Å². The number of hydrogen-bond acceptors (Lipinski definition) is 3. The Balaban J connectivity index is 2.81. The first-order valence-corrected chi connectivity index (χ1v) is 6.02. The maximum absolute atomic E-state index is 10.7. The third-order valence-electron chi connectivity index (χ3n) is 2.69. The van der Waals surface area contributed by atoms with Gasteiger partial charge in [-0.1, -0.05) is 13.8 Å². The van der Waals surface area contributed by atoms with Crippen molar-refractivity contribution in [2.45, 2.75) is 32.7 Å². The Morgan fingerprint density at radius 1 is 1.53 bits per heavy atom. The van der Waals surface area contributed by atoms with Crippen LogP contribution < -0.4 is 4.90 Å². The number of anilines is 1. The molecule has 4 heteroatoms. The molecule has 0 fully saturated rings. The van der Waals surface area contributed by atoms with Crippen LogP contribution in [0.4, 0.5) is 5.69 Å². The van der Waals surface area contributed by atoms with E-state index in [1.807, 2.05) is 12.4 Å². The van der Waals surface area contributed by atoms with Crippen LogP contribution >= 0.6 is 11.3 Å². The fourth-order valence-corrected chi connectivity index (χ4v) is 2.44. The first-order valence-electron chi connectivity index (χ1n) is 5.14. The van der Waals surface area contributed by atoms with Gasteiger partial charge in [0, 0.05) is 24.2 Å². The molecule has 0 aliphatic rings. The SMILES string of the molecule is CCC(CC)N(C)c1csc(C(=O)O)c1. The van der Waals surface area contributed by atoms with E-state index in [0.29, 0.717) is 10.9 Å². The zero-order valence-corrected chi connectivity index (χ0v) is 10.2. The molecule has 1 N–H and O–H groups in total. The Hall–Kier alpha value is -1.03. The van der Waals surface area contributed by atoms with Crippen LogP contribution in [0.5, 0.6) is 0 Å². The second-order valence-electron chi connectivity index (χ2n) is 3.56. The number of carboxylic acids is 1. The molecule has 84 valence electrons. The van der Waals surface area contributed by atoms with Crippen molar-refractivity contribution in [3.63, 3.8) is 0 Å². The molecule has 15 heavy (non-hydrogen) atoms. The van der Waals surface area contributed by atoms with E-state index in [-0.39, 0.29) is 0 Å². The molecule has 0 spiro atoms. The summed E-state index contributed by atoms with van der Waals surface area (Å²) in [6.45, 7) is 4.30. The fourth-order valence-electron chi connectivity index (χ4n) is 1.67. The van der Waals surface area contributed by atoms with E-state index < -0.39 is 5.97 Å². The van der Waals surface area contributed by atoms with Crippen LogP contribution in [0.3, 0.4) is 0 Å². The van der Waals surface area contributed by atoms with Gasteiger partial charge in [0.1, 0.15) is 4.88 Å².